The Morgan fingerprint density at radius 2 is 2.00 bits per heavy atom. The minimum Gasteiger partial charge on any atom is -0.497 e. The van der Waals surface area contributed by atoms with Gasteiger partial charge < -0.3 is 10.1 Å². The molecule has 8 heteroatoms. The monoisotopic (exact) mass is 363 g/mol. The Labute approximate surface area is 146 Å². The summed E-state index contributed by atoms with van der Waals surface area (Å²) in [6.07, 6.45) is 1.12. The molecule has 1 fully saturated rings. The number of fused-ring (bicyclic) bond motifs is 1. The van der Waals surface area contributed by atoms with Gasteiger partial charge in [-0.3, -0.25) is 4.79 Å². The first kappa shape index (κ1) is 17.7. The maximum absolute atomic E-state index is 12.3. The molecule has 1 atom stereocenters. The van der Waals surface area contributed by atoms with Crippen LogP contribution in [0.15, 0.2) is 36.4 Å². The lowest BCUT2D eigenvalue weighted by Gasteiger charge is -2.20. The van der Waals surface area contributed by atoms with Gasteiger partial charge in [0.25, 0.3) is 10.2 Å². The molecule has 2 aromatic rings. The molecule has 1 amide bonds. The van der Waals surface area contributed by atoms with Gasteiger partial charge in [0.05, 0.1) is 7.11 Å². The number of carbonyl (C=O) groups is 1. The van der Waals surface area contributed by atoms with Crippen LogP contribution in [0.4, 0.5) is 0 Å². The van der Waals surface area contributed by atoms with E-state index in [1.165, 1.54) is 0 Å². The van der Waals surface area contributed by atoms with Gasteiger partial charge in [0, 0.05) is 13.1 Å². The molecule has 0 bridgehead atoms. The second-order valence-corrected chi connectivity index (χ2v) is 7.58. The smallest absolute Gasteiger partial charge is 0.277 e. The van der Waals surface area contributed by atoms with Crippen LogP contribution in [0.3, 0.4) is 0 Å². The number of hydrogen-bond donors (Lipinski definition) is 2. The van der Waals surface area contributed by atoms with Crippen LogP contribution in [0.1, 0.15) is 18.4 Å². The van der Waals surface area contributed by atoms with Crippen molar-refractivity contribution in [3.8, 4) is 5.75 Å². The van der Waals surface area contributed by atoms with Gasteiger partial charge in [0.2, 0.25) is 5.91 Å². The van der Waals surface area contributed by atoms with Crippen molar-refractivity contribution in [1.29, 1.82) is 0 Å². The molecule has 0 radical (unpaired) electrons. The third kappa shape index (κ3) is 3.92. The number of carbonyl (C=O) groups excluding carboxylic acids is 1. The zero-order valence-corrected chi connectivity index (χ0v) is 14.8. The number of methoxy groups -OCH3 is 1. The molecular formula is C17H21N3O4S. The molecule has 25 heavy (non-hydrogen) atoms. The predicted octanol–water partition coefficient (Wildman–Crippen LogP) is 1.13. The fourth-order valence-electron chi connectivity index (χ4n) is 3.12. The normalized spacial score (nSPS) is 18.4. The van der Waals surface area contributed by atoms with E-state index in [-0.39, 0.29) is 12.5 Å². The molecule has 1 saturated heterocycles. The fraction of sp³-hybridized carbons (Fsp3) is 0.353. The number of ether oxygens (including phenoxy) is 1. The van der Waals surface area contributed by atoms with E-state index in [1.54, 1.807) is 7.11 Å². The lowest BCUT2D eigenvalue weighted by atomic mass is 10.1. The first-order valence-corrected chi connectivity index (χ1v) is 9.53. The third-order valence-electron chi connectivity index (χ3n) is 4.41. The van der Waals surface area contributed by atoms with Gasteiger partial charge in [0.1, 0.15) is 11.8 Å². The molecule has 0 spiro atoms. The van der Waals surface area contributed by atoms with Crippen LogP contribution >= 0.6 is 0 Å². The van der Waals surface area contributed by atoms with Crippen molar-refractivity contribution in [2.75, 3.05) is 13.7 Å². The zero-order valence-electron chi connectivity index (χ0n) is 13.9. The Hall–Kier alpha value is -2.16. The van der Waals surface area contributed by atoms with Crippen molar-refractivity contribution in [3.05, 3.63) is 42.0 Å². The van der Waals surface area contributed by atoms with Gasteiger partial charge in [-0.25, -0.2) is 5.14 Å². The first-order valence-electron chi connectivity index (χ1n) is 8.02. The number of amides is 1. The highest BCUT2D eigenvalue weighted by molar-refractivity contribution is 7.86. The van der Waals surface area contributed by atoms with Crippen LogP contribution in [-0.4, -0.2) is 38.3 Å². The van der Waals surface area contributed by atoms with E-state index in [9.17, 15) is 13.2 Å². The minimum absolute atomic E-state index is 0.286. The number of nitrogens with zero attached hydrogens (tertiary/aromatic N) is 1. The molecule has 3 rings (SSSR count). The van der Waals surface area contributed by atoms with Crippen molar-refractivity contribution in [2.24, 2.45) is 5.14 Å². The molecule has 0 saturated carbocycles. The van der Waals surface area contributed by atoms with E-state index in [1.807, 2.05) is 36.4 Å². The van der Waals surface area contributed by atoms with Gasteiger partial charge in [0.15, 0.2) is 0 Å². The van der Waals surface area contributed by atoms with Crippen LogP contribution in [0.5, 0.6) is 5.75 Å². The molecule has 2 aromatic carbocycles. The largest absolute Gasteiger partial charge is 0.497 e. The lowest BCUT2D eigenvalue weighted by Crippen LogP contribution is -2.48. The van der Waals surface area contributed by atoms with Crippen LogP contribution in [-0.2, 0) is 21.5 Å². The highest BCUT2D eigenvalue weighted by atomic mass is 32.2. The van der Waals surface area contributed by atoms with Crippen molar-refractivity contribution >= 4 is 26.9 Å². The summed E-state index contributed by atoms with van der Waals surface area (Å²) < 4.78 is 29.3. The Balaban J connectivity index is 1.69. The minimum atomic E-state index is -3.85. The summed E-state index contributed by atoms with van der Waals surface area (Å²) in [7, 11) is -2.23. The van der Waals surface area contributed by atoms with Crippen LogP contribution in [0.25, 0.3) is 10.8 Å². The molecular weight excluding hydrogens is 342 g/mol. The Morgan fingerprint density at radius 3 is 2.72 bits per heavy atom. The van der Waals surface area contributed by atoms with Crippen LogP contribution in [0, 0.1) is 0 Å². The number of hydrogen-bond acceptors (Lipinski definition) is 4. The standard InChI is InChI=1S/C17H21N3O4S/c1-24-15-7-6-13-9-12(4-5-14(13)10-15)11-19-17(21)16-3-2-8-20(16)25(18,22)23/h4-7,9-10,16H,2-3,8,11H2,1H3,(H,19,21)(H2,18,22,23). The van der Waals surface area contributed by atoms with Gasteiger partial charge in [-0.15, -0.1) is 0 Å². The molecule has 1 aliphatic heterocycles. The molecule has 1 unspecified atom stereocenters. The average molecular weight is 363 g/mol. The summed E-state index contributed by atoms with van der Waals surface area (Å²) in [5.74, 6) is 0.472. The number of nitrogens with two attached hydrogens (primary N) is 1. The summed E-state index contributed by atoms with van der Waals surface area (Å²) in [5.41, 5.74) is 0.936. The first-order chi connectivity index (χ1) is 11.9. The zero-order chi connectivity index (χ0) is 18.0. The molecule has 1 aliphatic rings. The quantitative estimate of drug-likeness (QED) is 0.831. The molecule has 0 aliphatic carbocycles. The molecule has 0 aromatic heterocycles. The number of rotatable bonds is 5. The van der Waals surface area contributed by atoms with Crippen molar-refractivity contribution < 1.29 is 17.9 Å². The van der Waals surface area contributed by atoms with E-state index in [0.717, 1.165) is 26.4 Å². The number of nitrogens with one attached hydrogen (secondary N) is 1. The maximum atomic E-state index is 12.3. The van der Waals surface area contributed by atoms with E-state index in [2.05, 4.69) is 5.32 Å². The summed E-state index contributed by atoms with van der Waals surface area (Å²) in [5, 5.41) is 10.1. The highest BCUT2D eigenvalue weighted by Gasteiger charge is 2.36. The summed E-state index contributed by atoms with van der Waals surface area (Å²) in [6, 6.07) is 10.9. The second-order valence-electron chi connectivity index (χ2n) is 6.08. The van der Waals surface area contributed by atoms with Crippen molar-refractivity contribution in [2.45, 2.75) is 25.4 Å². The van der Waals surface area contributed by atoms with Crippen molar-refractivity contribution in [3.63, 3.8) is 0 Å². The van der Waals surface area contributed by atoms with Crippen LogP contribution in [0.2, 0.25) is 0 Å². The molecule has 134 valence electrons. The number of benzene rings is 2. The summed E-state index contributed by atoms with van der Waals surface area (Å²) in [6.45, 7) is 0.616. The third-order valence-corrected chi connectivity index (χ3v) is 5.50. The Kier molecular flexibility index (Phi) is 4.94. The Bertz CT molecular complexity index is 898. The molecule has 3 N–H and O–H groups in total. The maximum Gasteiger partial charge on any atom is 0.277 e. The average Bonchev–Trinajstić information content (AvgIpc) is 3.09. The topological polar surface area (TPSA) is 102 Å². The van der Waals surface area contributed by atoms with E-state index < -0.39 is 16.3 Å². The van der Waals surface area contributed by atoms with Gasteiger partial charge in [-0.2, -0.15) is 12.7 Å². The molecule has 7 nitrogen and oxygen atoms in total. The predicted molar refractivity (Wildman–Crippen MR) is 95.2 cm³/mol. The van der Waals surface area contributed by atoms with Crippen LogP contribution < -0.4 is 15.2 Å². The summed E-state index contributed by atoms with van der Waals surface area (Å²) >= 11 is 0. The van der Waals surface area contributed by atoms with E-state index in [0.29, 0.717) is 19.4 Å². The summed E-state index contributed by atoms with van der Waals surface area (Å²) in [4.78, 5) is 12.3. The Morgan fingerprint density at radius 1 is 1.28 bits per heavy atom. The van der Waals surface area contributed by atoms with E-state index >= 15 is 0 Å². The van der Waals surface area contributed by atoms with Gasteiger partial charge >= 0.3 is 0 Å². The second kappa shape index (κ2) is 6.99. The van der Waals surface area contributed by atoms with Gasteiger partial charge in [-0.05, 0) is 47.4 Å². The molecule has 1 heterocycles. The lowest BCUT2D eigenvalue weighted by molar-refractivity contribution is -0.124. The highest BCUT2D eigenvalue weighted by Crippen LogP contribution is 2.22. The van der Waals surface area contributed by atoms with Crippen molar-refractivity contribution in [1.82, 2.24) is 9.62 Å². The van der Waals surface area contributed by atoms with Gasteiger partial charge in [-0.1, -0.05) is 18.2 Å². The van der Waals surface area contributed by atoms with E-state index in [4.69, 9.17) is 9.88 Å². The SMILES string of the molecule is COc1ccc2cc(CNC(=O)C3CCCN3S(N)(=O)=O)ccc2c1. The fourth-order valence-corrected chi connectivity index (χ4v) is 4.06.